The van der Waals surface area contributed by atoms with Gasteiger partial charge in [0.05, 0.1) is 17.3 Å². The van der Waals surface area contributed by atoms with E-state index in [2.05, 4.69) is 67.8 Å². The molecular weight excluding hydrogens is 420 g/mol. The first-order valence-electron chi connectivity index (χ1n) is 11.8. The molecule has 3 aromatic carbocycles. The first-order chi connectivity index (χ1) is 16.0. The Hall–Kier alpha value is -3.53. The van der Waals surface area contributed by atoms with Crippen molar-refractivity contribution in [2.24, 2.45) is 0 Å². The summed E-state index contributed by atoms with van der Waals surface area (Å²) in [5.41, 5.74) is 6.68. The fourth-order valence-corrected chi connectivity index (χ4v) is 4.16. The van der Waals surface area contributed by atoms with E-state index in [4.69, 9.17) is 4.74 Å². The van der Waals surface area contributed by atoms with Crippen molar-refractivity contribution in [3.63, 3.8) is 0 Å². The number of nitrogens with zero attached hydrogens (tertiary/aromatic N) is 2. The second-order valence-electron chi connectivity index (χ2n) is 10.2. The molecule has 0 saturated carbocycles. The number of fused-ring (bicyclic) bond motifs is 1. The molecule has 0 bridgehead atoms. The third-order valence-corrected chi connectivity index (χ3v) is 6.19. The van der Waals surface area contributed by atoms with Gasteiger partial charge in [0, 0.05) is 31.2 Å². The number of ether oxygens (including phenoxy) is 1. The molecule has 0 N–H and O–H groups in total. The van der Waals surface area contributed by atoms with Gasteiger partial charge in [-0.3, -0.25) is 4.79 Å². The highest BCUT2D eigenvalue weighted by Crippen LogP contribution is 2.35. The smallest absolute Gasteiger partial charge is 0.223 e. The van der Waals surface area contributed by atoms with Crippen molar-refractivity contribution < 1.29 is 9.53 Å². The lowest BCUT2D eigenvalue weighted by Gasteiger charge is -2.19. The largest absolute Gasteiger partial charge is 0.491 e. The van der Waals surface area contributed by atoms with Gasteiger partial charge < -0.3 is 14.2 Å². The molecule has 1 aromatic heterocycles. The Morgan fingerprint density at radius 3 is 2.09 bits per heavy atom. The van der Waals surface area contributed by atoms with Crippen LogP contribution in [0, 0.1) is 0 Å². The van der Waals surface area contributed by atoms with Gasteiger partial charge in [-0.1, -0.05) is 51.1 Å². The third-order valence-electron chi connectivity index (χ3n) is 6.19. The van der Waals surface area contributed by atoms with E-state index < -0.39 is 0 Å². The lowest BCUT2D eigenvalue weighted by atomic mass is 9.86. The molecule has 4 rings (SSSR count). The molecule has 34 heavy (non-hydrogen) atoms. The SMILES string of the molecule is CC(=O)N(C)c1cn(-c2ccc(OC(C)C)cc2)c2ccc(-c3ccc(C(C)(C)C)cc3)cc12. The molecule has 4 heteroatoms. The van der Waals surface area contributed by atoms with Crippen molar-refractivity contribution in [3.8, 4) is 22.6 Å². The summed E-state index contributed by atoms with van der Waals surface area (Å²) >= 11 is 0. The molecule has 0 fully saturated rings. The van der Waals surface area contributed by atoms with Gasteiger partial charge in [-0.2, -0.15) is 0 Å². The molecule has 0 spiro atoms. The Morgan fingerprint density at radius 1 is 0.912 bits per heavy atom. The maximum Gasteiger partial charge on any atom is 0.223 e. The summed E-state index contributed by atoms with van der Waals surface area (Å²) in [5.74, 6) is 0.844. The molecule has 1 amide bonds. The number of hydrogen-bond acceptors (Lipinski definition) is 2. The Morgan fingerprint density at radius 2 is 1.53 bits per heavy atom. The molecule has 0 aliphatic carbocycles. The Labute approximate surface area is 202 Å². The zero-order valence-corrected chi connectivity index (χ0v) is 21.2. The Kier molecular flexibility index (Phi) is 6.26. The van der Waals surface area contributed by atoms with E-state index in [-0.39, 0.29) is 17.4 Å². The van der Waals surface area contributed by atoms with Gasteiger partial charge in [0.25, 0.3) is 0 Å². The molecule has 4 nitrogen and oxygen atoms in total. The summed E-state index contributed by atoms with van der Waals surface area (Å²) in [6.45, 7) is 12.3. The molecular formula is C30H34N2O2. The van der Waals surface area contributed by atoms with Crippen molar-refractivity contribution in [3.05, 3.63) is 78.5 Å². The van der Waals surface area contributed by atoms with Crippen molar-refractivity contribution in [1.82, 2.24) is 4.57 Å². The summed E-state index contributed by atoms with van der Waals surface area (Å²) in [7, 11) is 1.83. The van der Waals surface area contributed by atoms with Crippen molar-refractivity contribution in [2.45, 2.75) is 53.1 Å². The average molecular weight is 455 g/mol. The fraction of sp³-hybridized carbons (Fsp3) is 0.300. The number of amides is 1. The zero-order valence-electron chi connectivity index (χ0n) is 21.2. The van der Waals surface area contributed by atoms with E-state index in [0.29, 0.717) is 0 Å². The minimum Gasteiger partial charge on any atom is -0.491 e. The van der Waals surface area contributed by atoms with Gasteiger partial charge in [0.1, 0.15) is 5.75 Å². The third kappa shape index (κ3) is 4.72. The van der Waals surface area contributed by atoms with Crippen LogP contribution in [0.2, 0.25) is 0 Å². The number of hydrogen-bond donors (Lipinski definition) is 0. The molecule has 0 unspecified atom stereocenters. The summed E-state index contributed by atoms with van der Waals surface area (Å²) < 4.78 is 7.93. The minimum atomic E-state index is -0.000311. The number of anilines is 1. The zero-order chi connectivity index (χ0) is 24.6. The van der Waals surface area contributed by atoms with Gasteiger partial charge in [0.15, 0.2) is 0 Å². The maximum atomic E-state index is 12.3. The first-order valence-corrected chi connectivity index (χ1v) is 11.8. The predicted molar refractivity (Wildman–Crippen MR) is 142 cm³/mol. The highest BCUT2D eigenvalue weighted by atomic mass is 16.5. The Balaban J connectivity index is 1.81. The quantitative estimate of drug-likeness (QED) is 0.316. The summed E-state index contributed by atoms with van der Waals surface area (Å²) in [6, 6.07) is 23.3. The van der Waals surface area contributed by atoms with Gasteiger partial charge in [-0.15, -0.1) is 0 Å². The van der Waals surface area contributed by atoms with Crippen LogP contribution in [0.25, 0.3) is 27.7 Å². The van der Waals surface area contributed by atoms with Crippen LogP contribution in [-0.2, 0) is 10.2 Å². The maximum absolute atomic E-state index is 12.3. The average Bonchev–Trinajstić information content (AvgIpc) is 3.17. The van der Waals surface area contributed by atoms with Gasteiger partial charge in [-0.05, 0) is 72.4 Å². The van der Waals surface area contributed by atoms with E-state index in [9.17, 15) is 4.79 Å². The Bertz CT molecular complexity index is 1310. The monoisotopic (exact) mass is 454 g/mol. The minimum absolute atomic E-state index is 0.000311. The second kappa shape index (κ2) is 9.02. The van der Waals surface area contributed by atoms with Crippen LogP contribution in [0.5, 0.6) is 5.75 Å². The van der Waals surface area contributed by atoms with Crippen LogP contribution in [0.4, 0.5) is 5.69 Å². The molecule has 0 atom stereocenters. The van der Waals surface area contributed by atoms with E-state index in [1.165, 1.54) is 5.56 Å². The number of carbonyl (C=O) groups excluding carboxylic acids is 1. The van der Waals surface area contributed by atoms with E-state index in [1.54, 1.807) is 11.8 Å². The highest BCUT2D eigenvalue weighted by molar-refractivity contribution is 6.04. The topological polar surface area (TPSA) is 34.5 Å². The molecule has 0 radical (unpaired) electrons. The standard InChI is InChI=1S/C30H34N2O2/c1-20(2)34-26-15-13-25(14-16-26)32-19-29(31(7)21(3)33)27-18-23(10-17-28(27)32)22-8-11-24(12-9-22)30(4,5)6/h8-20H,1-7H3. The van der Waals surface area contributed by atoms with E-state index in [0.717, 1.165) is 39.2 Å². The fourth-order valence-electron chi connectivity index (χ4n) is 4.16. The molecule has 0 aliphatic rings. The van der Waals surface area contributed by atoms with Crippen LogP contribution in [-0.4, -0.2) is 23.6 Å². The van der Waals surface area contributed by atoms with Crippen LogP contribution in [0.3, 0.4) is 0 Å². The van der Waals surface area contributed by atoms with Crippen LogP contribution in [0.1, 0.15) is 47.1 Å². The number of aromatic nitrogens is 1. The molecule has 0 saturated heterocycles. The molecule has 4 aromatic rings. The van der Waals surface area contributed by atoms with Gasteiger partial charge >= 0.3 is 0 Å². The molecule has 1 heterocycles. The van der Waals surface area contributed by atoms with E-state index >= 15 is 0 Å². The number of rotatable bonds is 5. The summed E-state index contributed by atoms with van der Waals surface area (Å²) in [4.78, 5) is 14.0. The van der Waals surface area contributed by atoms with Crippen molar-refractivity contribution >= 4 is 22.5 Å². The lowest BCUT2D eigenvalue weighted by molar-refractivity contribution is -0.116. The van der Waals surface area contributed by atoms with Crippen molar-refractivity contribution in [1.29, 1.82) is 0 Å². The van der Waals surface area contributed by atoms with Gasteiger partial charge in [-0.25, -0.2) is 0 Å². The number of carbonyl (C=O) groups is 1. The van der Waals surface area contributed by atoms with Crippen LogP contribution < -0.4 is 9.64 Å². The normalized spacial score (nSPS) is 11.8. The summed E-state index contributed by atoms with van der Waals surface area (Å²) in [5, 5.41) is 1.04. The van der Waals surface area contributed by atoms with Crippen molar-refractivity contribution in [2.75, 3.05) is 11.9 Å². The second-order valence-corrected chi connectivity index (χ2v) is 10.2. The first kappa shape index (κ1) is 23.6. The van der Waals surface area contributed by atoms with Crippen LogP contribution in [0.15, 0.2) is 72.9 Å². The predicted octanol–water partition coefficient (Wildman–Crippen LogP) is 7.36. The van der Waals surface area contributed by atoms with E-state index in [1.807, 2.05) is 51.4 Å². The van der Waals surface area contributed by atoms with Gasteiger partial charge in [0.2, 0.25) is 5.91 Å². The number of benzene rings is 3. The summed E-state index contributed by atoms with van der Waals surface area (Å²) in [6.07, 6.45) is 2.17. The van der Waals surface area contributed by atoms with Crippen LogP contribution >= 0.6 is 0 Å². The highest BCUT2D eigenvalue weighted by Gasteiger charge is 2.17. The molecule has 0 aliphatic heterocycles. The molecule has 176 valence electrons. The lowest BCUT2D eigenvalue weighted by Crippen LogP contribution is -2.22.